The maximum Gasteiger partial charge on any atom is 0.227 e. The first-order valence-electron chi connectivity index (χ1n) is 7.95. The molecule has 1 atom stereocenters. The van der Waals surface area contributed by atoms with E-state index in [4.69, 9.17) is 4.42 Å². The fourth-order valence-electron chi connectivity index (χ4n) is 2.58. The van der Waals surface area contributed by atoms with Gasteiger partial charge in [0.15, 0.2) is 5.58 Å². The van der Waals surface area contributed by atoms with Gasteiger partial charge in [0.1, 0.15) is 5.52 Å². The monoisotopic (exact) mass is 293 g/mol. The second-order valence-electron chi connectivity index (χ2n) is 6.89. The van der Waals surface area contributed by atoms with E-state index in [-0.39, 0.29) is 5.41 Å². The van der Waals surface area contributed by atoms with E-state index in [1.807, 2.05) is 6.07 Å². The largest absolute Gasteiger partial charge is 0.436 e. The summed E-state index contributed by atoms with van der Waals surface area (Å²) in [7, 11) is 0. The average molecular weight is 293 g/mol. The highest BCUT2D eigenvalue weighted by atomic mass is 16.3. The van der Waals surface area contributed by atoms with Crippen LogP contribution in [0.1, 0.15) is 45.6 Å². The first-order chi connectivity index (χ1) is 10.5. The van der Waals surface area contributed by atoms with Crippen LogP contribution in [0.4, 0.5) is 0 Å². The summed E-state index contributed by atoms with van der Waals surface area (Å²) in [5.41, 5.74) is 4.19. The van der Waals surface area contributed by atoms with Crippen molar-refractivity contribution in [3.63, 3.8) is 0 Å². The number of benzene rings is 1. The molecule has 1 unspecified atom stereocenters. The van der Waals surface area contributed by atoms with E-state index >= 15 is 0 Å². The van der Waals surface area contributed by atoms with Gasteiger partial charge < -0.3 is 4.42 Å². The summed E-state index contributed by atoms with van der Waals surface area (Å²) < 4.78 is 5.94. The van der Waals surface area contributed by atoms with E-state index in [1.54, 1.807) is 0 Å². The van der Waals surface area contributed by atoms with Crippen LogP contribution < -0.4 is 0 Å². The Morgan fingerprint density at radius 1 is 1.18 bits per heavy atom. The summed E-state index contributed by atoms with van der Waals surface area (Å²) in [4.78, 5) is 4.68. The van der Waals surface area contributed by atoms with Gasteiger partial charge in [-0.3, -0.25) is 0 Å². The van der Waals surface area contributed by atoms with Crippen molar-refractivity contribution in [2.24, 2.45) is 5.92 Å². The summed E-state index contributed by atoms with van der Waals surface area (Å²) in [5.74, 6) is 1.18. The van der Waals surface area contributed by atoms with Gasteiger partial charge in [-0.25, -0.2) is 4.98 Å². The predicted octanol–water partition coefficient (Wildman–Crippen LogP) is 5.66. The molecule has 2 nitrogen and oxygen atoms in total. The molecule has 0 fully saturated rings. The van der Waals surface area contributed by atoms with Crippen molar-refractivity contribution in [1.82, 2.24) is 4.98 Å². The van der Waals surface area contributed by atoms with Gasteiger partial charge in [-0.2, -0.15) is 0 Å². The second kappa shape index (κ2) is 5.60. The zero-order valence-corrected chi connectivity index (χ0v) is 13.8. The van der Waals surface area contributed by atoms with Crippen LogP contribution in [0.5, 0.6) is 0 Å². The molecule has 0 amide bonds. The highest BCUT2D eigenvalue weighted by molar-refractivity contribution is 5.79. The molecule has 0 spiro atoms. The Balaban J connectivity index is 1.99. The van der Waals surface area contributed by atoms with Crippen molar-refractivity contribution in [2.75, 3.05) is 0 Å². The van der Waals surface area contributed by atoms with E-state index in [1.165, 1.54) is 5.56 Å². The lowest BCUT2D eigenvalue weighted by atomic mass is 9.87. The quantitative estimate of drug-likeness (QED) is 0.714. The van der Waals surface area contributed by atoms with E-state index in [0.29, 0.717) is 11.8 Å². The molecule has 0 radical (unpaired) electrons. The van der Waals surface area contributed by atoms with Crippen molar-refractivity contribution < 1.29 is 4.42 Å². The predicted molar refractivity (Wildman–Crippen MR) is 92.7 cm³/mol. The van der Waals surface area contributed by atoms with Crippen LogP contribution >= 0.6 is 0 Å². The van der Waals surface area contributed by atoms with Crippen molar-refractivity contribution in [1.29, 1.82) is 0 Å². The van der Waals surface area contributed by atoms with Crippen LogP contribution in [0.3, 0.4) is 0 Å². The molecule has 0 bridgehead atoms. The summed E-state index contributed by atoms with van der Waals surface area (Å²) >= 11 is 0. The average Bonchev–Trinajstić information content (AvgIpc) is 2.75. The third kappa shape index (κ3) is 2.92. The lowest BCUT2D eigenvalue weighted by Crippen LogP contribution is -2.10. The second-order valence-corrected chi connectivity index (χ2v) is 6.89. The molecule has 0 aliphatic heterocycles. The lowest BCUT2D eigenvalue weighted by Gasteiger charge is -2.18. The topological polar surface area (TPSA) is 26.0 Å². The molecule has 2 aromatic rings. The molecule has 1 aliphatic rings. The number of hydrogen-bond acceptors (Lipinski definition) is 2. The normalized spacial score (nSPS) is 18.5. The maximum atomic E-state index is 5.94. The molecule has 1 aromatic heterocycles. The summed E-state index contributed by atoms with van der Waals surface area (Å²) in [6, 6.07) is 6.29. The third-order valence-electron chi connectivity index (χ3n) is 4.13. The van der Waals surface area contributed by atoms with Gasteiger partial charge >= 0.3 is 0 Å². The summed E-state index contributed by atoms with van der Waals surface area (Å²) in [6.07, 6.45) is 11.8. The van der Waals surface area contributed by atoms with E-state index in [9.17, 15) is 0 Å². The third-order valence-corrected chi connectivity index (χ3v) is 4.13. The zero-order chi connectivity index (χ0) is 15.7. The van der Waals surface area contributed by atoms with E-state index < -0.39 is 0 Å². The molecule has 1 aliphatic carbocycles. The standard InChI is InChI=1S/C20H23NO/c1-5-14-7-6-8-15(10-9-14)19-21-17-13-16(20(2,3)4)11-12-18(17)22-19/h6-14H,5H2,1-4H3. The number of oxazole rings is 1. The number of aromatic nitrogens is 1. The Hall–Kier alpha value is -2.09. The van der Waals surface area contributed by atoms with Gasteiger partial charge in [-0.1, -0.05) is 58.1 Å². The SMILES string of the molecule is CCC1C=CC=C(c2nc3cc(C(C)(C)C)ccc3o2)C=C1. The lowest BCUT2D eigenvalue weighted by molar-refractivity contribution is 0.582. The van der Waals surface area contributed by atoms with Crippen LogP contribution in [-0.4, -0.2) is 4.98 Å². The van der Waals surface area contributed by atoms with Gasteiger partial charge in [0.25, 0.3) is 0 Å². The number of hydrogen-bond donors (Lipinski definition) is 0. The van der Waals surface area contributed by atoms with Gasteiger partial charge in [0, 0.05) is 5.57 Å². The smallest absolute Gasteiger partial charge is 0.227 e. The first-order valence-corrected chi connectivity index (χ1v) is 7.95. The molecule has 2 heteroatoms. The van der Waals surface area contributed by atoms with Gasteiger partial charge in [0.05, 0.1) is 0 Å². The van der Waals surface area contributed by atoms with E-state index in [2.05, 4.69) is 75.2 Å². The Bertz CT molecular complexity index is 769. The number of fused-ring (bicyclic) bond motifs is 1. The molecule has 1 aromatic carbocycles. The highest BCUT2D eigenvalue weighted by Gasteiger charge is 2.16. The van der Waals surface area contributed by atoms with Crippen molar-refractivity contribution in [3.05, 3.63) is 60.0 Å². The molecular formula is C20H23NO. The molecule has 3 rings (SSSR count). The minimum Gasteiger partial charge on any atom is -0.436 e. The maximum absolute atomic E-state index is 5.94. The minimum absolute atomic E-state index is 0.117. The van der Waals surface area contributed by atoms with Crippen molar-refractivity contribution in [3.8, 4) is 0 Å². The fourth-order valence-corrected chi connectivity index (χ4v) is 2.58. The Labute approximate surface area is 132 Å². The number of allylic oxidation sites excluding steroid dienone is 6. The molecule has 0 N–H and O–H groups in total. The molecular weight excluding hydrogens is 270 g/mol. The van der Waals surface area contributed by atoms with Crippen LogP contribution in [0.2, 0.25) is 0 Å². The first kappa shape index (κ1) is 14.8. The molecule has 22 heavy (non-hydrogen) atoms. The zero-order valence-electron chi connectivity index (χ0n) is 13.8. The molecule has 114 valence electrons. The summed E-state index contributed by atoms with van der Waals surface area (Å²) in [5, 5.41) is 0. The van der Waals surface area contributed by atoms with Crippen molar-refractivity contribution >= 4 is 16.7 Å². The summed E-state index contributed by atoms with van der Waals surface area (Å²) in [6.45, 7) is 8.82. The molecule has 0 saturated carbocycles. The Morgan fingerprint density at radius 3 is 2.73 bits per heavy atom. The number of rotatable bonds is 2. The Morgan fingerprint density at radius 2 is 2.00 bits per heavy atom. The van der Waals surface area contributed by atoms with E-state index in [0.717, 1.165) is 23.1 Å². The van der Waals surface area contributed by atoms with Gasteiger partial charge in [-0.05, 0) is 41.5 Å². The fraction of sp³-hybridized carbons (Fsp3) is 0.350. The number of nitrogens with zero attached hydrogens (tertiary/aromatic N) is 1. The van der Waals surface area contributed by atoms with Crippen LogP contribution in [0.25, 0.3) is 16.7 Å². The minimum atomic E-state index is 0.117. The van der Waals surface area contributed by atoms with Crippen molar-refractivity contribution in [2.45, 2.75) is 39.5 Å². The van der Waals surface area contributed by atoms with Crippen LogP contribution in [-0.2, 0) is 5.41 Å². The molecule has 1 heterocycles. The highest BCUT2D eigenvalue weighted by Crippen LogP contribution is 2.29. The Kier molecular flexibility index (Phi) is 3.78. The van der Waals surface area contributed by atoms with Gasteiger partial charge in [-0.15, -0.1) is 0 Å². The van der Waals surface area contributed by atoms with Gasteiger partial charge in [0.2, 0.25) is 5.89 Å². The molecule has 0 saturated heterocycles. The van der Waals surface area contributed by atoms with Crippen LogP contribution in [0.15, 0.2) is 53.0 Å². The van der Waals surface area contributed by atoms with Crippen LogP contribution in [0, 0.1) is 5.92 Å².